The molecule has 0 saturated heterocycles. The van der Waals surface area contributed by atoms with E-state index >= 15 is 0 Å². The number of benzene rings is 1. The molecule has 1 aromatic carbocycles. The molecular formula is C12H10N2OS. The van der Waals surface area contributed by atoms with E-state index in [-0.39, 0.29) is 0 Å². The highest BCUT2D eigenvalue weighted by atomic mass is 32.1. The minimum Gasteiger partial charge on any atom is -0.211 e. The normalized spacial score (nSPS) is 9.88. The molecule has 0 bridgehead atoms. The van der Waals surface area contributed by atoms with Crippen LogP contribution >= 0.6 is 11.5 Å². The molecule has 0 unspecified atom stereocenters. The van der Waals surface area contributed by atoms with Gasteiger partial charge in [0.2, 0.25) is 6.08 Å². The second-order valence-electron chi connectivity index (χ2n) is 3.62. The molecule has 0 aliphatic heterocycles. The van der Waals surface area contributed by atoms with E-state index in [1.807, 2.05) is 13.8 Å². The Morgan fingerprint density at radius 1 is 1.25 bits per heavy atom. The van der Waals surface area contributed by atoms with Crippen LogP contribution in [0.5, 0.6) is 0 Å². The number of hydrogen-bond acceptors (Lipinski definition) is 4. The van der Waals surface area contributed by atoms with Gasteiger partial charge in [0.15, 0.2) is 0 Å². The van der Waals surface area contributed by atoms with Gasteiger partial charge in [0, 0.05) is 0 Å². The summed E-state index contributed by atoms with van der Waals surface area (Å²) in [7, 11) is 0. The number of aliphatic imine (C=N–C) groups is 1. The van der Waals surface area contributed by atoms with Gasteiger partial charge in [-0.3, -0.25) is 0 Å². The number of carbonyl (C=O) groups excluding carboxylic acids is 1. The molecule has 0 atom stereocenters. The molecule has 2 aromatic rings. The van der Waals surface area contributed by atoms with Crippen LogP contribution in [0.3, 0.4) is 0 Å². The van der Waals surface area contributed by atoms with Crippen LogP contribution in [0, 0.1) is 13.8 Å². The van der Waals surface area contributed by atoms with Crippen molar-refractivity contribution in [1.82, 2.24) is 4.37 Å². The van der Waals surface area contributed by atoms with Gasteiger partial charge in [0.25, 0.3) is 0 Å². The lowest BCUT2D eigenvalue weighted by Gasteiger charge is -2.02. The van der Waals surface area contributed by atoms with Crippen molar-refractivity contribution >= 4 is 23.3 Å². The van der Waals surface area contributed by atoms with E-state index in [1.54, 1.807) is 12.3 Å². The third-order valence-corrected chi connectivity index (χ3v) is 3.04. The summed E-state index contributed by atoms with van der Waals surface area (Å²) < 4.78 is 4.05. The lowest BCUT2D eigenvalue weighted by molar-refractivity contribution is 0.565. The maximum Gasteiger partial charge on any atom is 0.240 e. The molecule has 0 aliphatic rings. The summed E-state index contributed by atoms with van der Waals surface area (Å²) in [5.41, 5.74) is 4.01. The summed E-state index contributed by atoms with van der Waals surface area (Å²) in [5, 5.41) is 0. The minimum absolute atomic E-state index is 0.588. The predicted molar refractivity (Wildman–Crippen MR) is 64.8 cm³/mol. The summed E-state index contributed by atoms with van der Waals surface area (Å²) >= 11 is 1.34. The average Bonchev–Trinajstić information content (AvgIpc) is 2.65. The van der Waals surface area contributed by atoms with Gasteiger partial charge in [-0.05, 0) is 30.9 Å². The lowest BCUT2D eigenvalue weighted by atomic mass is 10.1. The Labute approximate surface area is 97.6 Å². The summed E-state index contributed by atoms with van der Waals surface area (Å²) in [4.78, 5) is 14.8. The molecule has 0 N–H and O–H groups in total. The van der Waals surface area contributed by atoms with E-state index in [2.05, 4.69) is 27.6 Å². The fourth-order valence-corrected chi connectivity index (χ4v) is 2.34. The molecule has 3 nitrogen and oxygen atoms in total. The summed E-state index contributed by atoms with van der Waals surface area (Å²) in [6.45, 7) is 4.08. The van der Waals surface area contributed by atoms with Crippen LogP contribution in [0.25, 0.3) is 10.4 Å². The summed E-state index contributed by atoms with van der Waals surface area (Å²) in [5.74, 6) is 0. The summed E-state index contributed by atoms with van der Waals surface area (Å²) in [6.07, 6.45) is 3.14. The smallest absolute Gasteiger partial charge is 0.211 e. The molecule has 1 aromatic heterocycles. The molecule has 0 spiro atoms. The second-order valence-corrected chi connectivity index (χ2v) is 4.42. The number of isocyanates is 1. The van der Waals surface area contributed by atoms with Crippen molar-refractivity contribution in [1.29, 1.82) is 0 Å². The third-order valence-electron chi connectivity index (χ3n) is 2.20. The van der Waals surface area contributed by atoms with Crippen molar-refractivity contribution in [3.05, 3.63) is 35.5 Å². The van der Waals surface area contributed by atoms with Crippen LogP contribution in [0.15, 0.2) is 29.4 Å². The molecular weight excluding hydrogens is 220 g/mol. The Morgan fingerprint density at radius 3 is 2.56 bits per heavy atom. The topological polar surface area (TPSA) is 42.3 Å². The maximum absolute atomic E-state index is 10.3. The monoisotopic (exact) mass is 230 g/mol. The van der Waals surface area contributed by atoms with Crippen LogP contribution in [-0.2, 0) is 4.79 Å². The fraction of sp³-hybridized carbons (Fsp3) is 0.167. The zero-order valence-electron chi connectivity index (χ0n) is 9.02. The van der Waals surface area contributed by atoms with Crippen molar-refractivity contribution in [2.45, 2.75) is 13.8 Å². The third kappa shape index (κ3) is 2.08. The Hall–Kier alpha value is -1.77. The first-order chi connectivity index (χ1) is 7.70. The maximum atomic E-state index is 10.3. The first-order valence-corrected chi connectivity index (χ1v) is 5.59. The molecule has 2 rings (SSSR count). The molecule has 0 fully saturated rings. The molecule has 80 valence electrons. The Morgan fingerprint density at radius 2 is 1.94 bits per heavy atom. The zero-order chi connectivity index (χ0) is 11.5. The van der Waals surface area contributed by atoms with Crippen molar-refractivity contribution in [2.75, 3.05) is 0 Å². The Kier molecular flexibility index (Phi) is 2.95. The zero-order valence-corrected chi connectivity index (χ0v) is 9.84. The highest BCUT2D eigenvalue weighted by molar-refractivity contribution is 7.10. The van der Waals surface area contributed by atoms with Crippen molar-refractivity contribution in [3.8, 4) is 10.4 Å². The molecule has 0 aliphatic carbocycles. The summed E-state index contributed by atoms with van der Waals surface area (Å²) in [6, 6.07) is 6.22. The second kappa shape index (κ2) is 4.39. The van der Waals surface area contributed by atoms with Gasteiger partial charge in [0.05, 0.1) is 11.1 Å². The lowest BCUT2D eigenvalue weighted by Crippen LogP contribution is -1.80. The molecule has 0 amide bonds. The van der Waals surface area contributed by atoms with E-state index in [1.165, 1.54) is 22.7 Å². The van der Waals surface area contributed by atoms with E-state index < -0.39 is 0 Å². The highest BCUT2D eigenvalue weighted by Crippen LogP contribution is 2.34. The van der Waals surface area contributed by atoms with Crippen molar-refractivity contribution in [2.24, 2.45) is 4.99 Å². The molecule has 4 heteroatoms. The Bertz CT molecular complexity index is 548. The van der Waals surface area contributed by atoms with Gasteiger partial charge in [-0.25, -0.2) is 4.79 Å². The Balaban J connectivity index is 2.58. The van der Waals surface area contributed by atoms with Crippen molar-refractivity contribution < 1.29 is 4.79 Å². The van der Waals surface area contributed by atoms with Gasteiger partial charge in [-0.2, -0.15) is 9.37 Å². The highest BCUT2D eigenvalue weighted by Gasteiger charge is 2.08. The van der Waals surface area contributed by atoms with Gasteiger partial charge in [0.1, 0.15) is 5.69 Å². The van der Waals surface area contributed by atoms with Crippen molar-refractivity contribution in [3.63, 3.8) is 0 Å². The number of nitrogens with zero attached hydrogens (tertiary/aromatic N) is 2. The molecule has 1 heterocycles. The van der Waals surface area contributed by atoms with Crippen LogP contribution in [0.1, 0.15) is 11.1 Å². The fourth-order valence-electron chi connectivity index (χ4n) is 1.67. The van der Waals surface area contributed by atoms with Gasteiger partial charge >= 0.3 is 0 Å². The first kappa shape index (κ1) is 10.7. The largest absolute Gasteiger partial charge is 0.240 e. The number of aromatic nitrogens is 1. The number of rotatable bonds is 2. The number of aryl methyl sites for hydroxylation is 2. The standard InChI is InChI=1S/C12H10N2OS/c1-8-3-9(2)5-10(4-8)12-11(13-7-15)6-14-16-12/h3-6H,1-2H3. The predicted octanol–water partition coefficient (Wildman–Crippen LogP) is 3.39. The van der Waals surface area contributed by atoms with E-state index in [4.69, 9.17) is 0 Å². The van der Waals surface area contributed by atoms with Gasteiger partial charge in [-0.15, -0.1) is 0 Å². The van der Waals surface area contributed by atoms with Crippen LogP contribution in [-0.4, -0.2) is 10.5 Å². The molecule has 16 heavy (non-hydrogen) atoms. The van der Waals surface area contributed by atoms with Crippen LogP contribution in [0.4, 0.5) is 5.69 Å². The first-order valence-electron chi connectivity index (χ1n) is 4.82. The molecule has 0 radical (unpaired) electrons. The quantitative estimate of drug-likeness (QED) is 0.586. The molecule has 0 saturated carbocycles. The van der Waals surface area contributed by atoms with E-state index in [0.29, 0.717) is 5.69 Å². The average molecular weight is 230 g/mol. The minimum atomic E-state index is 0.588. The SMILES string of the molecule is Cc1cc(C)cc(-c2sncc2N=C=O)c1. The van der Waals surface area contributed by atoms with E-state index in [0.717, 1.165) is 10.4 Å². The van der Waals surface area contributed by atoms with Gasteiger partial charge < -0.3 is 0 Å². The van der Waals surface area contributed by atoms with Crippen LogP contribution < -0.4 is 0 Å². The number of hydrogen-bond donors (Lipinski definition) is 0. The van der Waals surface area contributed by atoms with Crippen LogP contribution in [0.2, 0.25) is 0 Å². The van der Waals surface area contributed by atoms with Gasteiger partial charge in [-0.1, -0.05) is 29.3 Å². The van der Waals surface area contributed by atoms with E-state index in [9.17, 15) is 4.79 Å².